The topological polar surface area (TPSA) is 47.3 Å². The highest BCUT2D eigenvalue weighted by Crippen LogP contribution is 2.22. The Balaban J connectivity index is 2.46. The Kier molecular flexibility index (Phi) is 5.43. The molecule has 2 atom stereocenters. The second-order valence-electron chi connectivity index (χ2n) is 5.02. The van der Waals surface area contributed by atoms with Gasteiger partial charge in [0.25, 0.3) is 0 Å². The van der Waals surface area contributed by atoms with Gasteiger partial charge in [0.05, 0.1) is 19.0 Å². The first-order valence-corrected chi connectivity index (χ1v) is 6.43. The van der Waals surface area contributed by atoms with Crippen LogP contribution in [-0.2, 0) is 4.79 Å². The average Bonchev–Trinajstić information content (AvgIpc) is 2.30. The highest BCUT2D eigenvalue weighted by Gasteiger charge is 2.27. The molecule has 0 saturated carbocycles. The van der Waals surface area contributed by atoms with Gasteiger partial charge in [-0.2, -0.15) is 5.26 Å². The van der Waals surface area contributed by atoms with Gasteiger partial charge in [-0.15, -0.1) is 0 Å². The van der Waals surface area contributed by atoms with Crippen molar-refractivity contribution in [1.29, 1.82) is 5.26 Å². The largest absolute Gasteiger partial charge is 0.344 e. The van der Waals surface area contributed by atoms with Gasteiger partial charge in [-0.1, -0.05) is 6.42 Å². The SMILES string of the molecule is C[C@@H]1CCC[C@H](C)N1CC(=O)N(C)CCC#N. The summed E-state index contributed by atoms with van der Waals surface area (Å²) in [4.78, 5) is 15.9. The minimum absolute atomic E-state index is 0.126. The fourth-order valence-electron chi connectivity index (χ4n) is 2.41. The summed E-state index contributed by atoms with van der Waals surface area (Å²) < 4.78 is 0. The number of nitriles is 1. The molecule has 1 fully saturated rings. The number of hydrogen-bond donors (Lipinski definition) is 0. The van der Waals surface area contributed by atoms with Crippen LogP contribution in [0.15, 0.2) is 0 Å². The molecule has 1 saturated heterocycles. The molecule has 1 aliphatic rings. The van der Waals surface area contributed by atoms with Crippen molar-refractivity contribution in [2.24, 2.45) is 0 Å². The van der Waals surface area contributed by atoms with Crippen LogP contribution in [0.5, 0.6) is 0 Å². The van der Waals surface area contributed by atoms with E-state index < -0.39 is 0 Å². The van der Waals surface area contributed by atoms with Crippen molar-refractivity contribution in [3.8, 4) is 6.07 Å². The van der Waals surface area contributed by atoms with Crippen molar-refractivity contribution in [2.45, 2.75) is 51.6 Å². The fourth-order valence-corrected chi connectivity index (χ4v) is 2.41. The van der Waals surface area contributed by atoms with E-state index in [1.807, 2.05) is 0 Å². The third-order valence-electron chi connectivity index (χ3n) is 3.68. The maximum atomic E-state index is 12.0. The molecule has 1 amide bonds. The van der Waals surface area contributed by atoms with E-state index >= 15 is 0 Å². The van der Waals surface area contributed by atoms with Gasteiger partial charge in [-0.25, -0.2) is 0 Å². The van der Waals surface area contributed by atoms with Crippen LogP contribution >= 0.6 is 0 Å². The van der Waals surface area contributed by atoms with E-state index in [0.717, 1.165) is 0 Å². The normalized spacial score (nSPS) is 25.3. The molecule has 1 aliphatic heterocycles. The Morgan fingerprint density at radius 3 is 2.53 bits per heavy atom. The summed E-state index contributed by atoms with van der Waals surface area (Å²) in [5, 5.41) is 8.50. The summed E-state index contributed by atoms with van der Waals surface area (Å²) in [6.07, 6.45) is 4.03. The van der Waals surface area contributed by atoms with E-state index in [0.29, 0.717) is 31.6 Å². The highest BCUT2D eigenvalue weighted by molar-refractivity contribution is 5.78. The van der Waals surface area contributed by atoms with Gasteiger partial charge in [0.1, 0.15) is 0 Å². The Morgan fingerprint density at radius 1 is 1.41 bits per heavy atom. The summed E-state index contributed by atoms with van der Waals surface area (Å²) in [6, 6.07) is 3.05. The molecule has 0 unspecified atom stereocenters. The number of amides is 1. The van der Waals surface area contributed by atoms with Gasteiger partial charge in [0.2, 0.25) is 5.91 Å². The van der Waals surface area contributed by atoms with Gasteiger partial charge >= 0.3 is 0 Å². The van der Waals surface area contributed by atoms with Crippen molar-refractivity contribution >= 4 is 5.91 Å². The molecule has 0 bridgehead atoms. The third-order valence-corrected chi connectivity index (χ3v) is 3.68. The van der Waals surface area contributed by atoms with E-state index in [4.69, 9.17) is 5.26 Å². The van der Waals surface area contributed by atoms with Crippen LogP contribution in [-0.4, -0.2) is 47.9 Å². The molecule has 17 heavy (non-hydrogen) atoms. The lowest BCUT2D eigenvalue weighted by Crippen LogP contribution is -2.49. The molecular formula is C13H23N3O. The minimum atomic E-state index is 0.126. The number of likely N-dealkylation sites (tertiary alicyclic amines) is 1. The molecule has 0 radical (unpaired) electrons. The van der Waals surface area contributed by atoms with Crippen LogP contribution in [0.3, 0.4) is 0 Å². The van der Waals surface area contributed by atoms with E-state index in [2.05, 4.69) is 24.8 Å². The second kappa shape index (κ2) is 6.61. The second-order valence-corrected chi connectivity index (χ2v) is 5.02. The van der Waals surface area contributed by atoms with E-state index in [1.165, 1.54) is 19.3 Å². The van der Waals surface area contributed by atoms with Crippen LogP contribution in [0.2, 0.25) is 0 Å². The standard InChI is InChI=1S/C13H23N3O/c1-11-6-4-7-12(2)16(11)10-13(17)15(3)9-5-8-14/h11-12H,4-7,9-10H2,1-3H3/t11-,12+. The van der Waals surface area contributed by atoms with Gasteiger partial charge in [0, 0.05) is 25.7 Å². The highest BCUT2D eigenvalue weighted by atomic mass is 16.2. The van der Waals surface area contributed by atoms with Crippen molar-refractivity contribution < 1.29 is 4.79 Å². The number of carbonyl (C=O) groups is 1. The number of hydrogen-bond acceptors (Lipinski definition) is 3. The summed E-state index contributed by atoms with van der Waals surface area (Å²) in [5.74, 6) is 0.126. The quantitative estimate of drug-likeness (QED) is 0.746. The molecule has 0 N–H and O–H groups in total. The van der Waals surface area contributed by atoms with Crippen molar-refractivity contribution in [3.05, 3.63) is 0 Å². The van der Waals surface area contributed by atoms with Crippen molar-refractivity contribution in [3.63, 3.8) is 0 Å². The monoisotopic (exact) mass is 237 g/mol. The maximum absolute atomic E-state index is 12.0. The number of nitrogens with zero attached hydrogens (tertiary/aromatic N) is 3. The van der Waals surface area contributed by atoms with Crippen molar-refractivity contribution in [2.75, 3.05) is 20.1 Å². The molecule has 0 aromatic heterocycles. The molecule has 0 spiro atoms. The van der Waals surface area contributed by atoms with Crippen molar-refractivity contribution in [1.82, 2.24) is 9.80 Å². The summed E-state index contributed by atoms with van der Waals surface area (Å²) in [5.41, 5.74) is 0. The molecule has 0 aliphatic carbocycles. The lowest BCUT2D eigenvalue weighted by molar-refractivity contribution is -0.132. The predicted octanol–water partition coefficient (Wildman–Crippen LogP) is 1.62. The van der Waals surface area contributed by atoms with Gasteiger partial charge in [-0.3, -0.25) is 9.69 Å². The zero-order valence-corrected chi connectivity index (χ0v) is 11.1. The fraction of sp³-hybridized carbons (Fsp3) is 0.846. The van der Waals surface area contributed by atoms with Crippen LogP contribution in [0.25, 0.3) is 0 Å². The lowest BCUT2D eigenvalue weighted by Gasteiger charge is -2.39. The van der Waals surface area contributed by atoms with E-state index in [1.54, 1.807) is 11.9 Å². The third kappa shape index (κ3) is 4.01. The molecule has 0 aromatic rings. The zero-order chi connectivity index (χ0) is 12.8. The van der Waals surface area contributed by atoms with Gasteiger partial charge in [0.15, 0.2) is 0 Å². The van der Waals surface area contributed by atoms with Crippen LogP contribution in [0, 0.1) is 11.3 Å². The van der Waals surface area contributed by atoms with Gasteiger partial charge < -0.3 is 4.90 Å². The number of piperidine rings is 1. The average molecular weight is 237 g/mol. The van der Waals surface area contributed by atoms with Gasteiger partial charge in [-0.05, 0) is 26.7 Å². The Morgan fingerprint density at radius 2 is 2.00 bits per heavy atom. The maximum Gasteiger partial charge on any atom is 0.236 e. The predicted molar refractivity (Wildman–Crippen MR) is 67.3 cm³/mol. The number of rotatable bonds is 4. The molecule has 1 rings (SSSR count). The number of carbonyl (C=O) groups excluding carboxylic acids is 1. The number of likely N-dealkylation sites (N-methyl/N-ethyl adjacent to an activating group) is 1. The lowest BCUT2D eigenvalue weighted by atomic mass is 9.97. The molecule has 4 nitrogen and oxygen atoms in total. The molecule has 0 aromatic carbocycles. The Hall–Kier alpha value is -1.08. The zero-order valence-electron chi connectivity index (χ0n) is 11.1. The minimum Gasteiger partial charge on any atom is -0.344 e. The molecule has 96 valence electrons. The first-order chi connectivity index (χ1) is 8.06. The molecular weight excluding hydrogens is 214 g/mol. The van der Waals surface area contributed by atoms with E-state index in [9.17, 15) is 4.79 Å². The summed E-state index contributed by atoms with van der Waals surface area (Å²) in [7, 11) is 1.78. The van der Waals surface area contributed by atoms with E-state index in [-0.39, 0.29) is 5.91 Å². The van der Waals surface area contributed by atoms with Crippen LogP contribution < -0.4 is 0 Å². The first-order valence-electron chi connectivity index (χ1n) is 6.43. The van der Waals surface area contributed by atoms with Crippen LogP contribution in [0.4, 0.5) is 0 Å². The smallest absolute Gasteiger partial charge is 0.236 e. The molecule has 1 heterocycles. The summed E-state index contributed by atoms with van der Waals surface area (Å²) >= 11 is 0. The summed E-state index contributed by atoms with van der Waals surface area (Å²) in [6.45, 7) is 5.41. The van der Waals surface area contributed by atoms with Crippen LogP contribution in [0.1, 0.15) is 39.5 Å². The molecule has 4 heteroatoms. The Bertz CT molecular complexity index is 288. The first kappa shape index (κ1) is 14.0. The Labute approximate surface area is 104 Å².